The first-order chi connectivity index (χ1) is 5.27. The van der Waals surface area contributed by atoms with Crippen LogP contribution in [-0.2, 0) is 0 Å². The van der Waals surface area contributed by atoms with Crippen LogP contribution in [0.3, 0.4) is 0 Å². The van der Waals surface area contributed by atoms with E-state index in [1.165, 1.54) is 17.8 Å². The third kappa shape index (κ3) is 1.66. The van der Waals surface area contributed by atoms with Crippen LogP contribution in [0.5, 0.6) is 5.75 Å². The summed E-state index contributed by atoms with van der Waals surface area (Å²) in [6.45, 7) is 0. The Morgan fingerprint density at radius 1 is 1.55 bits per heavy atom. The molecule has 0 amide bonds. The quantitative estimate of drug-likeness (QED) is 0.647. The summed E-state index contributed by atoms with van der Waals surface area (Å²) in [4.78, 5) is 0.795. The molecule has 1 aromatic carbocycles. The van der Waals surface area contributed by atoms with Crippen LogP contribution in [0.4, 0.5) is 0 Å². The summed E-state index contributed by atoms with van der Waals surface area (Å²) in [5, 5.41) is 17.7. The molecule has 0 saturated carbocycles. The molecule has 0 aliphatic rings. The molecule has 0 aliphatic heterocycles. The first-order valence-corrected chi connectivity index (χ1v) is 4.27. The number of nitriles is 1. The number of phenolic OH excluding ortho intramolecular Hbond substituents is 1. The van der Waals surface area contributed by atoms with E-state index in [2.05, 4.69) is 0 Å². The fourth-order valence-corrected chi connectivity index (χ4v) is 1.23. The third-order valence-electron chi connectivity index (χ3n) is 1.31. The fourth-order valence-electron chi connectivity index (χ4n) is 0.760. The number of hydrogen-bond donors (Lipinski definition) is 1. The molecule has 0 atom stereocenters. The van der Waals surface area contributed by atoms with E-state index in [4.69, 9.17) is 5.26 Å². The Morgan fingerprint density at radius 3 is 2.73 bits per heavy atom. The van der Waals surface area contributed by atoms with Gasteiger partial charge in [0.25, 0.3) is 0 Å². The predicted octanol–water partition coefficient (Wildman–Crippen LogP) is 1.99. The second-order valence-corrected chi connectivity index (χ2v) is 2.85. The molecule has 0 radical (unpaired) electrons. The van der Waals surface area contributed by atoms with Gasteiger partial charge >= 0.3 is 0 Å². The Morgan fingerprint density at radius 2 is 2.27 bits per heavy atom. The first kappa shape index (κ1) is 7.96. The summed E-state index contributed by atoms with van der Waals surface area (Å²) in [5.74, 6) is 0.177. The Hall–Kier alpha value is -1.14. The molecule has 3 heteroatoms. The van der Waals surface area contributed by atoms with Gasteiger partial charge in [-0.2, -0.15) is 5.26 Å². The second-order valence-electron chi connectivity index (χ2n) is 2.00. The van der Waals surface area contributed by atoms with E-state index in [0.29, 0.717) is 5.56 Å². The van der Waals surface area contributed by atoms with Gasteiger partial charge in [0, 0.05) is 4.90 Å². The highest BCUT2D eigenvalue weighted by Gasteiger charge is 1.99. The fraction of sp³-hybridized carbons (Fsp3) is 0.125. The number of hydrogen-bond acceptors (Lipinski definition) is 3. The van der Waals surface area contributed by atoms with Crippen molar-refractivity contribution in [1.82, 2.24) is 0 Å². The van der Waals surface area contributed by atoms with Crippen molar-refractivity contribution in [3.63, 3.8) is 0 Å². The zero-order valence-electron chi connectivity index (χ0n) is 6.03. The van der Waals surface area contributed by atoms with Crippen molar-refractivity contribution in [1.29, 1.82) is 5.26 Å². The molecule has 56 valence electrons. The number of rotatable bonds is 1. The molecule has 0 bridgehead atoms. The van der Waals surface area contributed by atoms with Gasteiger partial charge in [-0.05, 0) is 24.5 Å². The molecule has 0 saturated heterocycles. The molecular weight excluding hydrogens is 158 g/mol. The van der Waals surface area contributed by atoms with Crippen LogP contribution >= 0.6 is 11.8 Å². The van der Waals surface area contributed by atoms with Crippen LogP contribution in [0, 0.1) is 11.3 Å². The molecule has 11 heavy (non-hydrogen) atoms. The smallest absolute Gasteiger partial charge is 0.130 e. The lowest BCUT2D eigenvalue weighted by Crippen LogP contribution is -1.75. The van der Waals surface area contributed by atoms with Crippen LogP contribution in [-0.4, -0.2) is 11.4 Å². The molecule has 0 unspecified atom stereocenters. The van der Waals surface area contributed by atoms with Crippen molar-refractivity contribution in [2.75, 3.05) is 6.26 Å². The van der Waals surface area contributed by atoms with Gasteiger partial charge < -0.3 is 5.11 Å². The molecule has 1 aromatic rings. The number of thioether (sulfide) groups is 1. The highest BCUT2D eigenvalue weighted by atomic mass is 32.2. The lowest BCUT2D eigenvalue weighted by atomic mass is 10.2. The molecule has 0 fully saturated rings. The standard InChI is InChI=1S/C8H7NOS/c1-11-8-3-2-6(5-9)4-7(8)10/h2-4,10H,1H3. The number of benzene rings is 1. The van der Waals surface area contributed by atoms with Crippen molar-refractivity contribution < 1.29 is 5.11 Å². The van der Waals surface area contributed by atoms with Gasteiger partial charge in [0.15, 0.2) is 0 Å². The van der Waals surface area contributed by atoms with Crippen LogP contribution in [0.25, 0.3) is 0 Å². The van der Waals surface area contributed by atoms with E-state index in [-0.39, 0.29) is 5.75 Å². The molecular formula is C8H7NOS. The van der Waals surface area contributed by atoms with Gasteiger partial charge in [-0.15, -0.1) is 11.8 Å². The number of nitrogens with zero attached hydrogens (tertiary/aromatic N) is 1. The molecule has 1 rings (SSSR count). The van der Waals surface area contributed by atoms with E-state index in [0.717, 1.165) is 4.90 Å². The summed E-state index contributed by atoms with van der Waals surface area (Å²) in [5.41, 5.74) is 0.486. The Bertz CT molecular complexity index is 303. The zero-order chi connectivity index (χ0) is 8.27. The van der Waals surface area contributed by atoms with Gasteiger partial charge in [-0.25, -0.2) is 0 Å². The largest absolute Gasteiger partial charge is 0.507 e. The van der Waals surface area contributed by atoms with E-state index < -0.39 is 0 Å². The normalized spacial score (nSPS) is 9.09. The molecule has 0 aromatic heterocycles. The zero-order valence-corrected chi connectivity index (χ0v) is 6.85. The maximum Gasteiger partial charge on any atom is 0.130 e. The monoisotopic (exact) mass is 165 g/mol. The summed E-state index contributed by atoms with van der Waals surface area (Å²) in [6.07, 6.45) is 1.88. The number of phenols is 1. The van der Waals surface area contributed by atoms with Crippen molar-refractivity contribution >= 4 is 11.8 Å². The van der Waals surface area contributed by atoms with Crippen molar-refractivity contribution in [3.05, 3.63) is 23.8 Å². The van der Waals surface area contributed by atoms with Gasteiger partial charge in [0.2, 0.25) is 0 Å². The maximum atomic E-state index is 9.25. The minimum Gasteiger partial charge on any atom is -0.507 e. The second kappa shape index (κ2) is 3.31. The minimum absolute atomic E-state index is 0.177. The van der Waals surface area contributed by atoms with Crippen LogP contribution in [0.1, 0.15) is 5.56 Å². The highest BCUT2D eigenvalue weighted by Crippen LogP contribution is 2.26. The molecule has 0 heterocycles. The van der Waals surface area contributed by atoms with Crippen LogP contribution in [0.2, 0.25) is 0 Å². The molecule has 1 N–H and O–H groups in total. The molecule has 0 spiro atoms. The highest BCUT2D eigenvalue weighted by molar-refractivity contribution is 7.98. The van der Waals surface area contributed by atoms with E-state index in [1.807, 2.05) is 12.3 Å². The van der Waals surface area contributed by atoms with Crippen molar-refractivity contribution in [2.45, 2.75) is 4.90 Å². The Kier molecular flexibility index (Phi) is 2.40. The average molecular weight is 165 g/mol. The topological polar surface area (TPSA) is 44.0 Å². The van der Waals surface area contributed by atoms with Crippen molar-refractivity contribution in [2.24, 2.45) is 0 Å². The average Bonchev–Trinajstić information content (AvgIpc) is 2.04. The van der Waals surface area contributed by atoms with E-state index in [1.54, 1.807) is 12.1 Å². The molecule has 2 nitrogen and oxygen atoms in total. The molecule has 0 aliphatic carbocycles. The van der Waals surface area contributed by atoms with Gasteiger partial charge in [0.05, 0.1) is 11.6 Å². The summed E-state index contributed by atoms with van der Waals surface area (Å²) in [6, 6.07) is 6.83. The van der Waals surface area contributed by atoms with Crippen LogP contribution < -0.4 is 0 Å². The minimum atomic E-state index is 0.177. The SMILES string of the molecule is CSc1ccc(C#N)cc1O. The maximum absolute atomic E-state index is 9.25. The predicted molar refractivity (Wildman–Crippen MR) is 44.6 cm³/mol. The number of aromatic hydroxyl groups is 1. The van der Waals surface area contributed by atoms with Gasteiger partial charge in [-0.3, -0.25) is 0 Å². The lowest BCUT2D eigenvalue weighted by Gasteiger charge is -1.98. The first-order valence-electron chi connectivity index (χ1n) is 3.05. The summed E-state index contributed by atoms with van der Waals surface area (Å²) < 4.78 is 0. The van der Waals surface area contributed by atoms with E-state index >= 15 is 0 Å². The van der Waals surface area contributed by atoms with Crippen LogP contribution in [0.15, 0.2) is 23.1 Å². The van der Waals surface area contributed by atoms with Crippen molar-refractivity contribution in [3.8, 4) is 11.8 Å². The van der Waals surface area contributed by atoms with Gasteiger partial charge in [-0.1, -0.05) is 0 Å². The lowest BCUT2D eigenvalue weighted by molar-refractivity contribution is 0.462. The summed E-state index contributed by atoms with van der Waals surface area (Å²) >= 11 is 1.46. The third-order valence-corrected chi connectivity index (χ3v) is 2.09. The summed E-state index contributed by atoms with van der Waals surface area (Å²) in [7, 11) is 0. The Labute approximate surface area is 69.5 Å². The van der Waals surface area contributed by atoms with E-state index in [9.17, 15) is 5.11 Å². The van der Waals surface area contributed by atoms with Gasteiger partial charge in [0.1, 0.15) is 5.75 Å². The Balaban J connectivity index is 3.12.